The first kappa shape index (κ1) is 14.1. The molecule has 0 spiro atoms. The summed E-state index contributed by atoms with van der Waals surface area (Å²) in [5.41, 5.74) is 1.73. The molecule has 1 aliphatic heterocycles. The minimum atomic E-state index is -0.352. The van der Waals surface area contributed by atoms with Gasteiger partial charge in [0.2, 0.25) is 5.91 Å². The average molecular weight is 305 g/mol. The number of thioether (sulfide) groups is 1. The Balaban J connectivity index is 2.01. The molecule has 1 atom stereocenters. The normalized spacial score (nSPS) is 18.3. The second-order valence-electron chi connectivity index (χ2n) is 4.92. The largest absolute Gasteiger partial charge is 0.295 e. The summed E-state index contributed by atoms with van der Waals surface area (Å²) in [6.45, 7) is 1.67. The predicted octanol–water partition coefficient (Wildman–Crippen LogP) is 4.05. The molecule has 1 unspecified atom stereocenters. The zero-order valence-electron chi connectivity index (χ0n) is 11.3. The first-order valence-corrected chi connectivity index (χ1v) is 7.56. The van der Waals surface area contributed by atoms with Crippen molar-refractivity contribution in [3.05, 3.63) is 65.2 Å². The summed E-state index contributed by atoms with van der Waals surface area (Å²) in [6.07, 6.45) is 0. The van der Waals surface area contributed by atoms with Gasteiger partial charge in [0.25, 0.3) is 0 Å². The smallest absolute Gasteiger partial charge is 0.238 e. The van der Waals surface area contributed by atoms with Crippen LogP contribution in [0.4, 0.5) is 14.5 Å². The molecule has 5 heteroatoms. The molecule has 21 heavy (non-hydrogen) atoms. The Bertz CT molecular complexity index is 704. The first-order valence-electron chi connectivity index (χ1n) is 6.51. The topological polar surface area (TPSA) is 20.3 Å². The summed E-state index contributed by atoms with van der Waals surface area (Å²) in [7, 11) is 0. The summed E-state index contributed by atoms with van der Waals surface area (Å²) in [5, 5.41) is -0.324. The number of amides is 1. The van der Waals surface area contributed by atoms with Crippen LogP contribution in [0.3, 0.4) is 0 Å². The molecule has 0 N–H and O–H groups in total. The van der Waals surface area contributed by atoms with Crippen LogP contribution in [0.15, 0.2) is 42.5 Å². The molecule has 1 saturated heterocycles. The van der Waals surface area contributed by atoms with Gasteiger partial charge in [-0.1, -0.05) is 18.2 Å². The number of aryl methyl sites for hydroxylation is 1. The van der Waals surface area contributed by atoms with E-state index >= 15 is 0 Å². The minimum Gasteiger partial charge on any atom is -0.295 e. The quantitative estimate of drug-likeness (QED) is 0.834. The van der Waals surface area contributed by atoms with Crippen LogP contribution >= 0.6 is 11.8 Å². The predicted molar refractivity (Wildman–Crippen MR) is 80.2 cm³/mol. The van der Waals surface area contributed by atoms with E-state index < -0.39 is 0 Å². The van der Waals surface area contributed by atoms with Gasteiger partial charge in [0.05, 0.1) is 5.75 Å². The number of hydrogen-bond acceptors (Lipinski definition) is 2. The van der Waals surface area contributed by atoms with Gasteiger partial charge in [0.15, 0.2) is 0 Å². The van der Waals surface area contributed by atoms with Crippen molar-refractivity contribution in [3.8, 4) is 0 Å². The van der Waals surface area contributed by atoms with E-state index in [9.17, 15) is 13.6 Å². The van der Waals surface area contributed by atoms with Crippen molar-refractivity contribution in [2.45, 2.75) is 12.3 Å². The molecular formula is C16H13F2NOS. The van der Waals surface area contributed by atoms with Crippen LogP contribution in [0.25, 0.3) is 0 Å². The van der Waals surface area contributed by atoms with Gasteiger partial charge in [0.1, 0.15) is 17.0 Å². The second-order valence-corrected chi connectivity index (χ2v) is 5.98. The van der Waals surface area contributed by atoms with Crippen molar-refractivity contribution in [2.24, 2.45) is 0 Å². The van der Waals surface area contributed by atoms with E-state index in [1.165, 1.54) is 34.9 Å². The van der Waals surface area contributed by atoms with Gasteiger partial charge in [-0.15, -0.1) is 11.8 Å². The van der Waals surface area contributed by atoms with Crippen LogP contribution in [0.1, 0.15) is 16.5 Å². The van der Waals surface area contributed by atoms with E-state index in [0.717, 1.165) is 0 Å². The number of anilines is 1. The lowest BCUT2D eigenvalue weighted by Crippen LogP contribution is -2.28. The van der Waals surface area contributed by atoms with Gasteiger partial charge < -0.3 is 0 Å². The highest BCUT2D eigenvalue weighted by molar-refractivity contribution is 8.00. The highest BCUT2D eigenvalue weighted by Crippen LogP contribution is 2.42. The maximum Gasteiger partial charge on any atom is 0.238 e. The maximum atomic E-state index is 13.7. The molecule has 0 aromatic heterocycles. The molecule has 0 radical (unpaired) electrons. The molecule has 0 bridgehead atoms. The van der Waals surface area contributed by atoms with E-state index in [2.05, 4.69) is 0 Å². The highest BCUT2D eigenvalue weighted by Gasteiger charge is 2.34. The van der Waals surface area contributed by atoms with Crippen molar-refractivity contribution in [2.75, 3.05) is 10.7 Å². The SMILES string of the molecule is Cc1ccc(N2C(=O)CSC2c2cccc(F)c2)cc1F. The summed E-state index contributed by atoms with van der Waals surface area (Å²) in [6, 6.07) is 10.9. The Morgan fingerprint density at radius 2 is 2.00 bits per heavy atom. The number of halogens is 2. The van der Waals surface area contributed by atoms with Crippen molar-refractivity contribution in [1.29, 1.82) is 0 Å². The van der Waals surface area contributed by atoms with Gasteiger partial charge in [-0.3, -0.25) is 9.69 Å². The second kappa shape index (κ2) is 5.48. The molecule has 1 amide bonds. The number of hydrogen-bond donors (Lipinski definition) is 0. The lowest BCUT2D eigenvalue weighted by molar-refractivity contribution is -0.115. The van der Waals surface area contributed by atoms with Crippen LogP contribution < -0.4 is 4.90 Å². The zero-order chi connectivity index (χ0) is 15.0. The fraction of sp³-hybridized carbons (Fsp3) is 0.188. The van der Waals surface area contributed by atoms with Gasteiger partial charge in [-0.2, -0.15) is 0 Å². The van der Waals surface area contributed by atoms with Crippen LogP contribution in [0.2, 0.25) is 0 Å². The summed E-state index contributed by atoms with van der Waals surface area (Å²) >= 11 is 1.41. The molecule has 0 aliphatic carbocycles. The number of carbonyl (C=O) groups excluding carboxylic acids is 1. The third-order valence-electron chi connectivity index (χ3n) is 3.44. The fourth-order valence-electron chi connectivity index (χ4n) is 2.34. The standard InChI is InChI=1S/C16H13F2NOS/c1-10-5-6-13(8-14(10)18)19-15(20)9-21-16(19)11-3-2-4-12(17)7-11/h2-8,16H,9H2,1H3. The van der Waals surface area contributed by atoms with Crippen LogP contribution in [0, 0.1) is 18.6 Å². The molecule has 0 saturated carbocycles. The van der Waals surface area contributed by atoms with Gasteiger partial charge in [-0.05, 0) is 42.3 Å². The number of nitrogens with zero attached hydrogens (tertiary/aromatic N) is 1. The van der Waals surface area contributed by atoms with Gasteiger partial charge in [-0.25, -0.2) is 8.78 Å². The van der Waals surface area contributed by atoms with Crippen molar-refractivity contribution >= 4 is 23.4 Å². The van der Waals surface area contributed by atoms with Crippen LogP contribution in [-0.4, -0.2) is 11.7 Å². The van der Waals surface area contributed by atoms with Crippen LogP contribution in [-0.2, 0) is 4.79 Å². The zero-order valence-corrected chi connectivity index (χ0v) is 12.2. The highest BCUT2D eigenvalue weighted by atomic mass is 32.2. The molecule has 2 aromatic carbocycles. The van der Waals surface area contributed by atoms with Crippen LogP contribution in [0.5, 0.6) is 0 Å². The summed E-state index contributed by atoms with van der Waals surface area (Å²) < 4.78 is 27.1. The fourth-order valence-corrected chi connectivity index (χ4v) is 3.51. The maximum absolute atomic E-state index is 13.7. The van der Waals surface area contributed by atoms with E-state index in [-0.39, 0.29) is 22.9 Å². The molecule has 1 aliphatic rings. The molecule has 108 valence electrons. The van der Waals surface area contributed by atoms with Crippen molar-refractivity contribution in [1.82, 2.24) is 0 Å². The lowest BCUT2D eigenvalue weighted by atomic mass is 10.1. The molecule has 2 nitrogen and oxygen atoms in total. The molecule has 1 fully saturated rings. The minimum absolute atomic E-state index is 0.0995. The third-order valence-corrected chi connectivity index (χ3v) is 4.65. The molecule has 3 rings (SSSR count). The van der Waals surface area contributed by atoms with E-state index in [1.54, 1.807) is 31.2 Å². The lowest BCUT2D eigenvalue weighted by Gasteiger charge is -2.24. The Hall–Kier alpha value is -1.88. The Morgan fingerprint density at radius 1 is 1.19 bits per heavy atom. The Kier molecular flexibility index (Phi) is 3.68. The van der Waals surface area contributed by atoms with E-state index in [4.69, 9.17) is 0 Å². The Labute approximate surface area is 125 Å². The summed E-state index contributed by atoms with van der Waals surface area (Å²) in [5.74, 6) is -0.494. The first-order chi connectivity index (χ1) is 10.1. The third kappa shape index (κ3) is 2.65. The van der Waals surface area contributed by atoms with E-state index in [1.807, 2.05) is 0 Å². The number of rotatable bonds is 2. The molecule has 1 heterocycles. The van der Waals surface area contributed by atoms with Gasteiger partial charge >= 0.3 is 0 Å². The average Bonchev–Trinajstić information content (AvgIpc) is 2.84. The number of benzene rings is 2. The summed E-state index contributed by atoms with van der Waals surface area (Å²) in [4.78, 5) is 13.7. The van der Waals surface area contributed by atoms with E-state index in [0.29, 0.717) is 22.6 Å². The molecule has 2 aromatic rings. The molecular weight excluding hydrogens is 292 g/mol. The monoisotopic (exact) mass is 305 g/mol. The Morgan fingerprint density at radius 3 is 2.71 bits per heavy atom. The van der Waals surface area contributed by atoms with Crippen molar-refractivity contribution in [3.63, 3.8) is 0 Å². The number of carbonyl (C=O) groups is 1. The van der Waals surface area contributed by atoms with Crippen molar-refractivity contribution < 1.29 is 13.6 Å². The van der Waals surface area contributed by atoms with Gasteiger partial charge in [0, 0.05) is 5.69 Å².